The van der Waals surface area contributed by atoms with Crippen molar-refractivity contribution >= 4 is 7.98 Å². The third-order valence-electron chi connectivity index (χ3n) is 1.09. The molecule has 0 N–H and O–H groups in total. The number of hydrogen-bond acceptors (Lipinski definition) is 0. The summed E-state index contributed by atoms with van der Waals surface area (Å²) < 4.78 is 2.39. The molecule has 2 heteroatoms. The molecule has 0 bridgehead atoms. The van der Waals surface area contributed by atoms with E-state index in [1.807, 2.05) is 0 Å². The SMILES string of the molecule is [BH3-][n+]1ccccc1CC. The van der Waals surface area contributed by atoms with Gasteiger partial charge in [-0.3, -0.25) is 0 Å². The molecule has 0 aliphatic carbocycles. The second-order valence-electron chi connectivity index (χ2n) is 1.67. The zero-order valence-corrected chi connectivity index (χ0v) is 4.96. The lowest BCUT2D eigenvalue weighted by Gasteiger charge is -1.99. The van der Waals surface area contributed by atoms with E-state index in [4.69, 9.17) is 0 Å². The number of pyridine rings is 1. The van der Waals surface area contributed by atoms with E-state index in [1.165, 1.54) is 12.1 Å². The first-order valence-corrected chi connectivity index (χ1v) is 2.83. The lowest BCUT2D eigenvalue weighted by Crippen LogP contribution is -2.35. The van der Waals surface area contributed by atoms with Crippen LogP contribution in [0.25, 0.3) is 0 Å². The maximum atomic E-state index is 2.39. The topological polar surface area (TPSA) is 3.88 Å². The summed E-state index contributed by atoms with van der Waals surface area (Å²) in [5, 5.41) is 0. The maximum absolute atomic E-state index is 2.39. The Kier molecular flexibility index (Phi) is 1.88. The van der Waals surface area contributed by atoms with Gasteiger partial charge in [-0.05, 0) is 6.07 Å². The van der Waals surface area contributed by atoms with Crippen molar-refractivity contribution < 1.29 is 4.48 Å². The van der Waals surface area contributed by atoms with Crippen molar-refractivity contribution in [3.05, 3.63) is 30.1 Å². The van der Waals surface area contributed by atoms with Crippen molar-refractivity contribution in [3.63, 3.8) is 0 Å². The minimum absolute atomic E-state index is 0.329. The predicted molar refractivity (Wildman–Crippen MR) is 41.4 cm³/mol. The van der Waals surface area contributed by atoms with Crippen LogP contribution < -0.4 is 4.48 Å². The number of nitrogens with zero attached hydrogens (tertiary/aromatic N) is 1. The van der Waals surface area contributed by atoms with Crippen LogP contribution in [0.1, 0.15) is 12.6 Å². The van der Waals surface area contributed by atoms with Crippen molar-refractivity contribution in [2.75, 3.05) is 0 Å². The van der Waals surface area contributed by atoms with Crippen molar-refractivity contribution in [2.45, 2.75) is 13.3 Å². The van der Waals surface area contributed by atoms with Crippen LogP contribution in [0.15, 0.2) is 24.4 Å². The van der Waals surface area contributed by atoms with Crippen molar-refractivity contribution in [2.24, 2.45) is 0 Å². The van der Waals surface area contributed by atoms with Crippen LogP contribution in [0.4, 0.5) is 0 Å². The van der Waals surface area contributed by atoms with Gasteiger partial charge in [0.15, 0.2) is 0 Å². The second kappa shape index (κ2) is 2.67. The van der Waals surface area contributed by atoms with Gasteiger partial charge in [0.1, 0.15) is 11.9 Å². The zero-order valence-electron chi connectivity index (χ0n) is 4.96. The van der Waals surface area contributed by atoms with Crippen LogP contribution >= 0.6 is 0 Å². The van der Waals surface area contributed by atoms with E-state index in [9.17, 15) is 0 Å². The quantitative estimate of drug-likeness (QED) is 0.447. The number of aryl methyl sites for hydroxylation is 1. The summed E-state index contributed by atoms with van der Waals surface area (Å²) in [6, 6.07) is 6.41. The van der Waals surface area contributed by atoms with E-state index >= 15 is 0 Å². The molecule has 0 saturated heterocycles. The Labute approximate surface area is 56.8 Å². The Hall–Kier alpha value is -0.785. The molecule has 0 unspecified atom stereocenters. The summed E-state index contributed by atoms with van der Waals surface area (Å²) in [4.78, 5) is 0. The van der Waals surface area contributed by atoms with E-state index < -0.39 is 0 Å². The van der Waals surface area contributed by atoms with Crippen molar-refractivity contribution in [1.29, 1.82) is 0 Å². The average molecular weight is 121 g/mol. The first-order valence-electron chi connectivity index (χ1n) is 2.83. The number of aromatic nitrogens is 1. The van der Waals surface area contributed by atoms with Crippen LogP contribution in [-0.4, -0.2) is 7.98 Å². The summed E-state index contributed by atoms with van der Waals surface area (Å²) in [6.45, 7) is 2.20. The van der Waals surface area contributed by atoms with Gasteiger partial charge in [0.2, 0.25) is 7.98 Å². The fraction of sp³-hybridized carbons (Fsp3) is 0.286. The van der Waals surface area contributed by atoms with Crippen LogP contribution in [0, 0.1) is 0 Å². The third-order valence-corrected chi connectivity index (χ3v) is 1.09. The highest BCUT2D eigenvalue weighted by atomic mass is 14.8. The Morgan fingerprint density at radius 1 is 1.56 bits per heavy atom. The Morgan fingerprint density at radius 3 is 2.78 bits per heavy atom. The van der Waals surface area contributed by atoms with Gasteiger partial charge in [0.05, 0.1) is 0 Å². The van der Waals surface area contributed by atoms with Gasteiger partial charge in [-0.2, -0.15) is 0 Å². The van der Waals surface area contributed by atoms with Crippen LogP contribution in [-0.2, 0) is 6.42 Å². The molecular weight excluding hydrogens is 109 g/mol. The van der Waals surface area contributed by atoms with Gasteiger partial charge >= 0.3 is 0 Å². The molecule has 1 nitrogen and oxygen atoms in total. The van der Waals surface area contributed by atoms with Crippen LogP contribution in [0.2, 0.25) is 0 Å². The summed E-state index contributed by atoms with van der Waals surface area (Å²) >= 11 is 0. The molecule has 0 aromatic carbocycles. The Bertz CT molecular complexity index is 198. The fourth-order valence-corrected chi connectivity index (χ4v) is 0.607. The first-order chi connectivity index (χ1) is 4.34. The molecule has 9 heavy (non-hydrogen) atoms. The van der Waals surface area contributed by atoms with Gasteiger partial charge in [0.25, 0.3) is 0 Å². The van der Waals surface area contributed by atoms with E-state index in [2.05, 4.69) is 35.8 Å². The van der Waals surface area contributed by atoms with Gasteiger partial charge < -0.3 is 4.48 Å². The molecule has 0 atom stereocenters. The molecule has 0 radical (unpaired) electrons. The van der Waals surface area contributed by atoms with E-state index in [0.717, 1.165) is 0 Å². The highest BCUT2D eigenvalue weighted by Gasteiger charge is 1.92. The van der Waals surface area contributed by atoms with Gasteiger partial charge in [0, 0.05) is 12.5 Å². The highest BCUT2D eigenvalue weighted by Crippen LogP contribution is 1.88. The minimum atomic E-state index is 0.329. The number of hydrogen-bond donors (Lipinski definition) is 0. The van der Waals surface area contributed by atoms with Gasteiger partial charge in [-0.25, -0.2) is 0 Å². The summed E-state index contributed by atoms with van der Waals surface area (Å²) in [6.07, 6.45) is 3.35. The monoisotopic (exact) mass is 121 g/mol. The molecule has 0 aliphatic rings. The van der Waals surface area contributed by atoms with Crippen LogP contribution in [0.3, 0.4) is 0 Å². The third kappa shape index (κ3) is 1.32. The van der Waals surface area contributed by atoms with Crippen molar-refractivity contribution in [1.82, 2.24) is 0 Å². The predicted octanol–water partition coefficient (Wildman–Crippen LogP) is -0.335. The first kappa shape index (κ1) is 6.34. The molecule has 0 saturated carbocycles. The lowest BCUT2D eigenvalue weighted by atomic mass is 10.2. The van der Waals surface area contributed by atoms with Crippen LogP contribution in [0.5, 0.6) is 0 Å². The van der Waals surface area contributed by atoms with E-state index in [-0.39, 0.29) is 0 Å². The Morgan fingerprint density at radius 2 is 2.33 bits per heavy atom. The summed E-state index contributed by atoms with van der Waals surface area (Å²) in [5.74, 6) is 0. The van der Waals surface area contributed by atoms with E-state index in [1.54, 1.807) is 0 Å². The normalized spacial score (nSPS) is 9.56. The molecule has 1 aromatic rings. The largest absolute Gasteiger partial charge is 0.432 e. The summed E-state index contributed by atoms with van der Waals surface area (Å²) in [5.41, 5.74) is 1.48. The molecule has 1 rings (SSSR count). The highest BCUT2D eigenvalue weighted by molar-refractivity contribution is 5.94. The molecule has 1 aromatic heterocycles. The molecule has 0 amide bonds. The van der Waals surface area contributed by atoms with Crippen molar-refractivity contribution in [3.8, 4) is 0 Å². The van der Waals surface area contributed by atoms with Gasteiger partial charge in [-0.1, -0.05) is 13.0 Å². The molecule has 0 fully saturated rings. The fourth-order valence-electron chi connectivity index (χ4n) is 0.607. The number of rotatable bonds is 1. The maximum Gasteiger partial charge on any atom is 0.239 e. The lowest BCUT2D eigenvalue weighted by molar-refractivity contribution is -0.531. The summed E-state index contributed by atoms with van der Waals surface area (Å²) in [7, 11) is 0.329. The smallest absolute Gasteiger partial charge is 0.239 e. The average Bonchev–Trinajstić information content (AvgIpc) is 1.89. The second-order valence-corrected chi connectivity index (χ2v) is 1.67. The molecule has 0 aliphatic heterocycles. The van der Waals surface area contributed by atoms with E-state index in [0.29, 0.717) is 7.98 Å². The molecule has 1 heterocycles. The zero-order chi connectivity index (χ0) is 6.69. The molecule has 48 valence electrons. The standard InChI is InChI=1S/C7H12BN/c1-2-7-5-3-4-6-9(7)8/h3-6H,2H2,1,8H3. The minimum Gasteiger partial charge on any atom is -0.432 e. The molecular formula is C7H12BN. The molecule has 0 spiro atoms. The van der Waals surface area contributed by atoms with Gasteiger partial charge in [-0.15, -0.1) is 0 Å². The Balaban J connectivity index is 3.01.